The number of aromatic nitrogens is 1. The second kappa shape index (κ2) is 6.14. The molecule has 0 fully saturated rings. The van der Waals surface area contributed by atoms with Crippen LogP contribution in [0.2, 0.25) is 0 Å². The van der Waals surface area contributed by atoms with E-state index in [9.17, 15) is 12.8 Å². The first-order valence-corrected chi connectivity index (χ1v) is 8.57. The van der Waals surface area contributed by atoms with E-state index in [0.717, 1.165) is 11.8 Å². The van der Waals surface area contributed by atoms with Gasteiger partial charge in [0.1, 0.15) is 15.8 Å². The molecule has 0 bridgehead atoms. The number of benzene rings is 1. The zero-order valence-electron chi connectivity index (χ0n) is 11.0. The van der Waals surface area contributed by atoms with E-state index in [1.807, 2.05) is 12.3 Å². The van der Waals surface area contributed by atoms with E-state index in [1.165, 1.54) is 23.5 Å². The second-order valence-corrected chi connectivity index (χ2v) is 7.30. The number of halogens is 1. The summed E-state index contributed by atoms with van der Waals surface area (Å²) >= 11 is 6.06. The molecule has 21 heavy (non-hydrogen) atoms. The van der Waals surface area contributed by atoms with Crippen LogP contribution >= 0.6 is 23.6 Å². The molecule has 0 aliphatic heterocycles. The normalized spacial score (nSPS) is 11.5. The van der Waals surface area contributed by atoms with Gasteiger partial charge in [-0.15, -0.1) is 11.3 Å². The second-order valence-electron chi connectivity index (χ2n) is 4.18. The Kier molecular flexibility index (Phi) is 4.67. The lowest BCUT2D eigenvalue weighted by molar-refractivity contribution is 0.576. The summed E-state index contributed by atoms with van der Waals surface area (Å²) in [7, 11) is -3.94. The van der Waals surface area contributed by atoms with Crippen LogP contribution in [0.3, 0.4) is 0 Å². The van der Waals surface area contributed by atoms with Gasteiger partial charge in [-0.25, -0.2) is 22.5 Å². The van der Waals surface area contributed by atoms with Crippen molar-refractivity contribution in [2.24, 2.45) is 5.73 Å². The molecular weight excluding hydrogens is 333 g/mol. The molecule has 0 aliphatic carbocycles. The number of nitrogens with one attached hydrogen (secondary N) is 1. The van der Waals surface area contributed by atoms with Crippen molar-refractivity contribution in [3.05, 3.63) is 45.7 Å². The first kappa shape index (κ1) is 16.0. The van der Waals surface area contributed by atoms with Crippen LogP contribution in [0.25, 0.3) is 0 Å². The molecule has 0 unspecified atom stereocenters. The third-order valence-corrected chi connectivity index (χ3v) is 5.21. The number of thiazole rings is 1. The maximum atomic E-state index is 13.7. The Morgan fingerprint density at radius 3 is 2.81 bits per heavy atom. The minimum Gasteiger partial charge on any atom is -0.389 e. The van der Waals surface area contributed by atoms with Crippen molar-refractivity contribution in [1.82, 2.24) is 9.71 Å². The molecule has 2 aromatic rings. The summed E-state index contributed by atoms with van der Waals surface area (Å²) in [5.41, 5.74) is 5.94. The SMILES string of the molecule is Cc1csc(CNS(=O)(=O)c2cccc(F)c2C(N)=S)n1. The van der Waals surface area contributed by atoms with Crippen LogP contribution in [0.5, 0.6) is 0 Å². The first-order chi connectivity index (χ1) is 9.81. The van der Waals surface area contributed by atoms with Crippen molar-refractivity contribution in [2.45, 2.75) is 18.4 Å². The summed E-state index contributed by atoms with van der Waals surface area (Å²) in [6, 6.07) is 3.66. The van der Waals surface area contributed by atoms with Gasteiger partial charge in [-0.2, -0.15) is 0 Å². The third kappa shape index (κ3) is 3.62. The highest BCUT2D eigenvalue weighted by molar-refractivity contribution is 7.89. The molecule has 5 nitrogen and oxygen atoms in total. The molecule has 0 saturated carbocycles. The molecule has 0 aliphatic rings. The topological polar surface area (TPSA) is 85.1 Å². The summed E-state index contributed by atoms with van der Waals surface area (Å²) in [6.45, 7) is 1.83. The van der Waals surface area contributed by atoms with Crippen LogP contribution < -0.4 is 10.5 Å². The van der Waals surface area contributed by atoms with Crippen molar-refractivity contribution in [2.75, 3.05) is 0 Å². The molecule has 0 spiro atoms. The van der Waals surface area contributed by atoms with Crippen molar-refractivity contribution >= 4 is 38.6 Å². The van der Waals surface area contributed by atoms with Gasteiger partial charge >= 0.3 is 0 Å². The van der Waals surface area contributed by atoms with E-state index >= 15 is 0 Å². The largest absolute Gasteiger partial charge is 0.389 e. The van der Waals surface area contributed by atoms with E-state index in [0.29, 0.717) is 5.01 Å². The van der Waals surface area contributed by atoms with E-state index in [2.05, 4.69) is 9.71 Å². The molecule has 3 N–H and O–H groups in total. The smallest absolute Gasteiger partial charge is 0.241 e. The average molecular weight is 345 g/mol. The Morgan fingerprint density at radius 2 is 2.24 bits per heavy atom. The lowest BCUT2D eigenvalue weighted by atomic mass is 10.2. The number of sulfonamides is 1. The zero-order valence-corrected chi connectivity index (χ0v) is 13.4. The molecule has 1 aromatic heterocycles. The monoisotopic (exact) mass is 345 g/mol. The number of rotatable bonds is 5. The molecule has 0 atom stereocenters. The fourth-order valence-corrected chi connectivity index (χ4v) is 3.98. The van der Waals surface area contributed by atoms with Crippen LogP contribution in [-0.4, -0.2) is 18.4 Å². The zero-order chi connectivity index (χ0) is 15.6. The molecule has 9 heteroatoms. The Bertz CT molecular complexity index is 787. The summed E-state index contributed by atoms with van der Waals surface area (Å²) in [6.07, 6.45) is 0. The van der Waals surface area contributed by atoms with Gasteiger partial charge in [-0.1, -0.05) is 18.3 Å². The molecule has 1 aromatic carbocycles. The quantitative estimate of drug-likeness (QED) is 0.806. The molecule has 0 amide bonds. The molecule has 112 valence electrons. The van der Waals surface area contributed by atoms with E-state index < -0.39 is 15.8 Å². The van der Waals surface area contributed by atoms with Gasteiger partial charge in [-0.05, 0) is 19.1 Å². The Morgan fingerprint density at radius 1 is 1.52 bits per heavy atom. The van der Waals surface area contributed by atoms with Crippen LogP contribution in [0.1, 0.15) is 16.3 Å². The predicted octanol–water partition coefficient (Wildman–Crippen LogP) is 1.70. The minimum absolute atomic E-state index is 0.0220. The number of thiocarbonyl (C=S) groups is 1. The van der Waals surface area contributed by atoms with Crippen molar-refractivity contribution in [1.29, 1.82) is 0 Å². The predicted molar refractivity (Wildman–Crippen MR) is 83.2 cm³/mol. The summed E-state index contributed by atoms with van der Waals surface area (Å²) in [4.78, 5) is 3.57. The number of nitrogens with zero attached hydrogens (tertiary/aromatic N) is 1. The lowest BCUT2D eigenvalue weighted by Crippen LogP contribution is -2.27. The number of hydrogen-bond donors (Lipinski definition) is 2. The molecule has 0 radical (unpaired) electrons. The highest BCUT2D eigenvalue weighted by Gasteiger charge is 2.22. The molecule has 2 rings (SSSR count). The van der Waals surface area contributed by atoms with Crippen LogP contribution in [0, 0.1) is 12.7 Å². The summed E-state index contributed by atoms with van der Waals surface area (Å²) < 4.78 is 40.6. The highest BCUT2D eigenvalue weighted by atomic mass is 32.2. The van der Waals surface area contributed by atoms with E-state index in [1.54, 1.807) is 0 Å². The van der Waals surface area contributed by atoms with Gasteiger partial charge in [0.2, 0.25) is 10.0 Å². The van der Waals surface area contributed by atoms with Crippen LogP contribution in [0.15, 0.2) is 28.5 Å². The fourth-order valence-electron chi connectivity index (χ4n) is 1.69. The summed E-state index contributed by atoms with van der Waals surface area (Å²) in [5, 5.41) is 2.43. The summed E-state index contributed by atoms with van der Waals surface area (Å²) in [5.74, 6) is -0.768. The van der Waals surface area contributed by atoms with Gasteiger partial charge in [0.15, 0.2) is 0 Å². The lowest BCUT2D eigenvalue weighted by Gasteiger charge is -2.10. The van der Waals surface area contributed by atoms with Gasteiger partial charge in [0.25, 0.3) is 0 Å². The Labute approximate surface area is 131 Å². The van der Waals surface area contributed by atoms with E-state index in [-0.39, 0.29) is 22.0 Å². The Balaban J connectivity index is 2.32. The van der Waals surface area contributed by atoms with Crippen LogP contribution in [-0.2, 0) is 16.6 Å². The number of aryl methyl sites for hydroxylation is 1. The highest BCUT2D eigenvalue weighted by Crippen LogP contribution is 2.19. The van der Waals surface area contributed by atoms with Gasteiger partial charge in [0.05, 0.1) is 17.0 Å². The first-order valence-electron chi connectivity index (χ1n) is 5.80. The third-order valence-electron chi connectivity index (χ3n) is 2.59. The average Bonchev–Trinajstić information content (AvgIpc) is 2.82. The van der Waals surface area contributed by atoms with Gasteiger partial charge in [0, 0.05) is 11.1 Å². The van der Waals surface area contributed by atoms with Gasteiger partial charge in [-0.3, -0.25) is 0 Å². The standard InChI is InChI=1S/C12H12FN3O2S3/c1-7-6-20-10(16-7)5-15-21(17,18)9-4-2-3-8(13)11(9)12(14)19/h2-4,6,15H,5H2,1H3,(H2,14,19). The number of nitrogens with two attached hydrogens (primary N) is 1. The van der Waals surface area contributed by atoms with Crippen molar-refractivity contribution in [3.63, 3.8) is 0 Å². The maximum Gasteiger partial charge on any atom is 0.241 e. The van der Waals surface area contributed by atoms with Crippen LogP contribution in [0.4, 0.5) is 4.39 Å². The Hall–Kier alpha value is -1.42. The van der Waals surface area contributed by atoms with Crippen molar-refractivity contribution in [3.8, 4) is 0 Å². The molecular formula is C12H12FN3O2S3. The maximum absolute atomic E-state index is 13.7. The fraction of sp³-hybridized carbons (Fsp3) is 0.167. The minimum atomic E-state index is -3.94. The van der Waals surface area contributed by atoms with Gasteiger partial charge < -0.3 is 5.73 Å². The molecule has 0 saturated heterocycles. The number of hydrogen-bond acceptors (Lipinski definition) is 5. The van der Waals surface area contributed by atoms with Crippen molar-refractivity contribution < 1.29 is 12.8 Å². The molecule has 1 heterocycles. The van der Waals surface area contributed by atoms with E-state index in [4.69, 9.17) is 18.0 Å².